The molecule has 0 saturated heterocycles. The predicted octanol–water partition coefficient (Wildman–Crippen LogP) is 9.20. The van der Waals surface area contributed by atoms with Crippen molar-refractivity contribution in [3.8, 4) is 0 Å². The van der Waals surface area contributed by atoms with Gasteiger partial charge in [-0.1, -0.05) is 127 Å². The number of hydrogen-bond acceptors (Lipinski definition) is 6. The van der Waals surface area contributed by atoms with Gasteiger partial charge in [-0.25, -0.2) is 4.79 Å². The van der Waals surface area contributed by atoms with Gasteiger partial charge in [0.2, 0.25) is 11.8 Å². The zero-order chi connectivity index (χ0) is 37.6. The summed E-state index contributed by atoms with van der Waals surface area (Å²) in [5.41, 5.74) is 0. The molecule has 2 atom stereocenters. The van der Waals surface area contributed by atoms with Crippen LogP contribution in [-0.4, -0.2) is 59.3 Å². The number of allylic oxidation sites excluding steroid dienone is 7. The molecule has 0 bridgehead atoms. The number of unbranched alkanes of at least 4 members (excludes halogenated alkanes) is 15. The lowest BCUT2D eigenvalue weighted by atomic mass is 10.1. The van der Waals surface area contributed by atoms with E-state index in [0.717, 1.165) is 83.5 Å². The van der Waals surface area contributed by atoms with E-state index in [4.69, 9.17) is 14.9 Å². The summed E-state index contributed by atoms with van der Waals surface area (Å²) in [7, 11) is 0. The molecule has 4 N–H and O–H groups in total. The highest BCUT2D eigenvalue weighted by atomic mass is 16.5. The molecule has 0 spiro atoms. The third kappa shape index (κ3) is 33.7. The van der Waals surface area contributed by atoms with Crippen LogP contribution in [0, 0.1) is 0 Å². The normalized spacial score (nSPS) is 13.0. The number of carboxylic acids is 1. The third-order valence-electron chi connectivity index (χ3n) is 8.53. The molecule has 0 rings (SSSR count). The van der Waals surface area contributed by atoms with Crippen LogP contribution in [0.3, 0.4) is 0 Å². The number of rotatable bonds is 35. The van der Waals surface area contributed by atoms with Gasteiger partial charge in [-0.3, -0.25) is 14.4 Å². The van der Waals surface area contributed by atoms with Gasteiger partial charge in [0.05, 0.1) is 13.2 Å². The average molecular weight is 717 g/mol. The van der Waals surface area contributed by atoms with Crippen molar-refractivity contribution in [2.75, 3.05) is 13.2 Å². The minimum Gasteiger partial charge on any atom is -0.480 e. The summed E-state index contributed by atoms with van der Waals surface area (Å²) in [6.45, 7) is 3.39. The topological polar surface area (TPSA) is 142 Å². The average Bonchev–Trinajstić information content (AvgIpc) is 3.11. The molecule has 0 radical (unpaired) electrons. The van der Waals surface area contributed by atoms with Crippen molar-refractivity contribution in [2.45, 2.75) is 180 Å². The number of aliphatic carboxylic acids is 1. The van der Waals surface area contributed by atoms with E-state index in [1.807, 2.05) is 6.08 Å². The van der Waals surface area contributed by atoms with E-state index < -0.39 is 24.5 Å². The highest BCUT2D eigenvalue weighted by molar-refractivity contribution is 5.87. The number of esters is 1. The zero-order valence-electron chi connectivity index (χ0n) is 32.1. The van der Waals surface area contributed by atoms with Crippen LogP contribution in [0.4, 0.5) is 0 Å². The van der Waals surface area contributed by atoms with Gasteiger partial charge in [0.25, 0.3) is 0 Å². The lowest BCUT2D eigenvalue weighted by molar-refractivity contribution is -0.147. The third-order valence-corrected chi connectivity index (χ3v) is 8.53. The van der Waals surface area contributed by atoms with E-state index in [-0.39, 0.29) is 24.5 Å². The lowest BCUT2D eigenvalue weighted by Gasteiger charge is -2.15. The second kappa shape index (κ2) is 36.6. The van der Waals surface area contributed by atoms with Gasteiger partial charge in [0.1, 0.15) is 12.1 Å². The number of aliphatic hydroxyl groups excluding tert-OH is 1. The molecule has 0 fully saturated rings. The van der Waals surface area contributed by atoms with Crippen LogP contribution in [0.25, 0.3) is 0 Å². The molecule has 292 valence electrons. The molecule has 0 aliphatic heterocycles. The zero-order valence-corrected chi connectivity index (χ0v) is 32.1. The highest BCUT2D eigenvalue weighted by Crippen LogP contribution is 2.15. The van der Waals surface area contributed by atoms with Crippen molar-refractivity contribution in [3.05, 3.63) is 48.6 Å². The molecule has 9 nitrogen and oxygen atoms in total. The van der Waals surface area contributed by atoms with Gasteiger partial charge in [-0.15, -0.1) is 0 Å². The minimum absolute atomic E-state index is 0.111. The van der Waals surface area contributed by atoms with Crippen LogP contribution >= 0.6 is 0 Å². The number of carboxylic acid groups (broad SMARTS) is 1. The monoisotopic (exact) mass is 717 g/mol. The Balaban J connectivity index is 4.30. The molecule has 0 saturated carbocycles. The number of amides is 2. The maximum absolute atomic E-state index is 12.7. The molecular formula is C42H72N2O7. The van der Waals surface area contributed by atoms with Crippen molar-refractivity contribution in [3.63, 3.8) is 0 Å². The molecule has 0 aromatic heterocycles. The molecule has 0 aliphatic carbocycles. The van der Waals surface area contributed by atoms with Gasteiger partial charge >= 0.3 is 11.9 Å². The molecule has 0 aromatic rings. The first kappa shape index (κ1) is 47.8. The molecule has 0 heterocycles. The summed E-state index contributed by atoms with van der Waals surface area (Å²) in [5, 5.41) is 22.5. The SMILES string of the molecule is CCCC/C=C\C/C=C\CCCCCCCC(=O)OC(/C=C\C/C=C\CCCCC)CCCCCCCCC(=O)NCC(=O)NC(CO)C(=O)O. The van der Waals surface area contributed by atoms with Crippen molar-refractivity contribution in [1.82, 2.24) is 10.6 Å². The summed E-state index contributed by atoms with van der Waals surface area (Å²) in [4.78, 5) is 47.3. The number of ether oxygens (including phenoxy) is 1. The summed E-state index contributed by atoms with van der Waals surface area (Å²) >= 11 is 0. The van der Waals surface area contributed by atoms with Gasteiger partial charge in [-0.05, 0) is 76.7 Å². The second-order valence-corrected chi connectivity index (χ2v) is 13.4. The fraction of sp³-hybridized carbons (Fsp3) is 0.714. The lowest BCUT2D eigenvalue weighted by Crippen LogP contribution is -2.47. The Morgan fingerprint density at radius 1 is 0.608 bits per heavy atom. The van der Waals surface area contributed by atoms with Crippen molar-refractivity contribution in [2.24, 2.45) is 0 Å². The number of aliphatic hydroxyl groups is 1. The van der Waals surface area contributed by atoms with Crippen molar-refractivity contribution < 1.29 is 34.1 Å². The van der Waals surface area contributed by atoms with Gasteiger partial charge in [0.15, 0.2) is 0 Å². The highest BCUT2D eigenvalue weighted by Gasteiger charge is 2.18. The largest absolute Gasteiger partial charge is 0.480 e. The first-order valence-corrected chi connectivity index (χ1v) is 20.0. The molecule has 2 unspecified atom stereocenters. The second-order valence-electron chi connectivity index (χ2n) is 13.4. The van der Waals surface area contributed by atoms with Gasteiger partial charge in [-0.2, -0.15) is 0 Å². The van der Waals surface area contributed by atoms with Gasteiger partial charge < -0.3 is 25.6 Å². The summed E-state index contributed by atoms with van der Waals surface area (Å²) in [6.07, 6.45) is 41.6. The van der Waals surface area contributed by atoms with E-state index in [1.54, 1.807) is 0 Å². The Bertz CT molecular complexity index is 1010. The Kier molecular flexibility index (Phi) is 34.3. The first-order valence-electron chi connectivity index (χ1n) is 20.0. The van der Waals surface area contributed by atoms with E-state index in [0.29, 0.717) is 19.3 Å². The number of hydrogen-bond donors (Lipinski definition) is 4. The molecule has 51 heavy (non-hydrogen) atoms. The molecular weight excluding hydrogens is 644 g/mol. The minimum atomic E-state index is -1.38. The predicted molar refractivity (Wildman–Crippen MR) is 208 cm³/mol. The van der Waals surface area contributed by atoms with Gasteiger partial charge in [0, 0.05) is 12.8 Å². The smallest absolute Gasteiger partial charge is 0.328 e. The standard InChI is InChI=1S/C42H72N2O7/c1-3-5-7-9-11-13-14-15-16-17-18-20-26-30-34-41(48)51-37(31-27-23-19-12-10-8-6-4-2)32-28-24-21-22-25-29-33-39(46)43-35-40(47)44-38(36-45)42(49)50/h9,11-12,14-15,19,27,31,37-38,45H,3-8,10,13,16-18,20-26,28-30,32-36H2,1-2H3,(H,43,46)(H,44,47)(H,49,50)/b11-9-,15-14-,19-12-,31-27-. The van der Waals surface area contributed by atoms with Crippen LogP contribution in [0.1, 0.15) is 168 Å². The summed E-state index contributed by atoms with van der Waals surface area (Å²) < 4.78 is 5.90. The maximum Gasteiger partial charge on any atom is 0.328 e. The fourth-order valence-corrected chi connectivity index (χ4v) is 5.38. The molecule has 2 amide bonds. The Morgan fingerprint density at radius 2 is 1.14 bits per heavy atom. The van der Waals surface area contributed by atoms with Crippen molar-refractivity contribution >= 4 is 23.8 Å². The first-order chi connectivity index (χ1) is 24.8. The Morgan fingerprint density at radius 3 is 1.75 bits per heavy atom. The van der Waals surface area contributed by atoms with E-state index in [1.165, 1.54) is 51.4 Å². The van der Waals surface area contributed by atoms with Crippen LogP contribution < -0.4 is 10.6 Å². The van der Waals surface area contributed by atoms with Crippen LogP contribution in [0.2, 0.25) is 0 Å². The molecule has 0 aliphatic rings. The number of carbonyl (C=O) groups is 4. The summed E-state index contributed by atoms with van der Waals surface area (Å²) in [5.74, 6) is -2.37. The van der Waals surface area contributed by atoms with E-state index >= 15 is 0 Å². The Labute approximate surface area is 309 Å². The van der Waals surface area contributed by atoms with Crippen molar-refractivity contribution in [1.29, 1.82) is 0 Å². The van der Waals surface area contributed by atoms with Crippen LogP contribution in [0.15, 0.2) is 48.6 Å². The number of carbonyl (C=O) groups excluding carboxylic acids is 3. The fourth-order valence-electron chi connectivity index (χ4n) is 5.38. The van der Waals surface area contributed by atoms with E-state index in [9.17, 15) is 19.2 Å². The summed E-state index contributed by atoms with van der Waals surface area (Å²) in [6, 6.07) is -1.38. The quantitative estimate of drug-likeness (QED) is 0.0291. The number of nitrogens with one attached hydrogen (secondary N) is 2. The molecule has 0 aromatic carbocycles. The maximum atomic E-state index is 12.7. The van der Waals surface area contributed by atoms with Crippen LogP contribution in [-0.2, 0) is 23.9 Å². The van der Waals surface area contributed by atoms with Crippen LogP contribution in [0.5, 0.6) is 0 Å². The van der Waals surface area contributed by atoms with E-state index in [2.05, 4.69) is 67.0 Å². The Hall–Kier alpha value is -3.20. The molecule has 9 heteroatoms.